The quantitative estimate of drug-likeness (QED) is 0.875. The molecule has 8 heteroatoms. The van der Waals surface area contributed by atoms with E-state index in [9.17, 15) is 18.0 Å². The van der Waals surface area contributed by atoms with Crippen LogP contribution in [0.1, 0.15) is 6.92 Å². The molecule has 0 radical (unpaired) electrons. The third-order valence-corrected chi connectivity index (χ3v) is 2.96. The first-order valence-electron chi connectivity index (χ1n) is 6.19. The first kappa shape index (κ1) is 15.0. The van der Waals surface area contributed by atoms with Gasteiger partial charge in [-0.25, -0.2) is 13.2 Å². The molecule has 0 aliphatic heterocycles. The van der Waals surface area contributed by atoms with Crippen molar-refractivity contribution in [1.82, 2.24) is 20.3 Å². The molecule has 1 atom stereocenters. The number of nitrogens with zero attached hydrogens (tertiary/aromatic N) is 3. The van der Waals surface area contributed by atoms with Crippen LogP contribution in [0.4, 0.5) is 13.2 Å². The topological polar surface area (TPSA) is 59.8 Å². The van der Waals surface area contributed by atoms with Crippen LogP contribution in [0.25, 0.3) is 11.3 Å². The summed E-state index contributed by atoms with van der Waals surface area (Å²) in [7, 11) is 1.51. The van der Waals surface area contributed by atoms with Crippen molar-refractivity contribution in [2.75, 3.05) is 7.05 Å². The number of carbonyl (C=O) groups is 1. The van der Waals surface area contributed by atoms with Crippen molar-refractivity contribution in [3.63, 3.8) is 0 Å². The van der Waals surface area contributed by atoms with Gasteiger partial charge < -0.3 is 5.32 Å². The van der Waals surface area contributed by atoms with Gasteiger partial charge in [-0.05, 0) is 6.07 Å². The Hall–Kier alpha value is -2.38. The Bertz CT molecular complexity index is 671. The highest BCUT2D eigenvalue weighted by molar-refractivity contribution is 5.77. The molecule has 5 nitrogen and oxygen atoms in total. The van der Waals surface area contributed by atoms with Gasteiger partial charge in [0.05, 0.1) is 18.7 Å². The summed E-state index contributed by atoms with van der Waals surface area (Å²) in [6.45, 7) is 1.90. The average Bonchev–Trinajstić information content (AvgIpc) is 2.90. The molecule has 0 fully saturated rings. The summed E-state index contributed by atoms with van der Waals surface area (Å²) >= 11 is 0. The van der Waals surface area contributed by atoms with E-state index >= 15 is 0 Å². The Kier molecular flexibility index (Phi) is 4.25. The molecule has 0 saturated heterocycles. The van der Waals surface area contributed by atoms with Crippen molar-refractivity contribution < 1.29 is 18.0 Å². The largest absolute Gasteiger partial charge is 0.359 e. The molecule has 0 saturated carbocycles. The van der Waals surface area contributed by atoms with Crippen molar-refractivity contribution in [3.8, 4) is 11.3 Å². The maximum absolute atomic E-state index is 13.6. The van der Waals surface area contributed by atoms with E-state index in [4.69, 9.17) is 0 Å². The fourth-order valence-electron chi connectivity index (χ4n) is 1.86. The molecule has 0 aliphatic carbocycles. The third kappa shape index (κ3) is 3.21. The Morgan fingerprint density at radius 1 is 1.38 bits per heavy atom. The van der Waals surface area contributed by atoms with Crippen LogP contribution in [0.15, 0.2) is 18.3 Å². The number of hydrogen-bond acceptors (Lipinski definition) is 3. The summed E-state index contributed by atoms with van der Waals surface area (Å²) in [4.78, 5) is 11.4. The Labute approximate surface area is 118 Å². The number of amides is 1. The molecular formula is C13H13F3N4O. The highest BCUT2D eigenvalue weighted by Crippen LogP contribution is 2.23. The molecule has 21 heavy (non-hydrogen) atoms. The lowest BCUT2D eigenvalue weighted by Crippen LogP contribution is -2.28. The highest BCUT2D eigenvalue weighted by atomic mass is 19.2. The van der Waals surface area contributed by atoms with Crippen LogP contribution in [0, 0.1) is 23.4 Å². The van der Waals surface area contributed by atoms with Crippen LogP contribution >= 0.6 is 0 Å². The minimum absolute atomic E-state index is 0.00462. The minimum Gasteiger partial charge on any atom is -0.359 e. The van der Waals surface area contributed by atoms with E-state index in [1.807, 2.05) is 0 Å². The molecule has 2 aromatic rings. The second-order valence-corrected chi connectivity index (χ2v) is 4.59. The van der Waals surface area contributed by atoms with Crippen LogP contribution in [0.2, 0.25) is 0 Å². The number of benzene rings is 1. The number of rotatable bonds is 4. The monoisotopic (exact) mass is 298 g/mol. The standard InChI is InChI=1S/C13H13F3N4O/c1-7(13(21)17-2)5-20-6-11(18-19-20)9-3-8(14)4-10(15)12(9)16/h3-4,6-7H,5H2,1-2H3,(H,17,21). The van der Waals surface area contributed by atoms with Crippen molar-refractivity contribution in [3.05, 3.63) is 35.8 Å². The molecule has 0 bridgehead atoms. The summed E-state index contributed by atoms with van der Waals surface area (Å²) in [5, 5.41) is 9.89. The predicted octanol–water partition coefficient (Wildman–Crippen LogP) is 1.74. The molecule has 0 aliphatic rings. The second-order valence-electron chi connectivity index (χ2n) is 4.59. The van der Waals surface area contributed by atoms with Crippen LogP contribution in [0.5, 0.6) is 0 Å². The van der Waals surface area contributed by atoms with Gasteiger partial charge in [-0.15, -0.1) is 5.10 Å². The summed E-state index contributed by atoms with van der Waals surface area (Å²) < 4.78 is 41.3. The normalized spacial score (nSPS) is 12.2. The fourth-order valence-corrected chi connectivity index (χ4v) is 1.86. The van der Waals surface area contributed by atoms with Crippen molar-refractivity contribution in [1.29, 1.82) is 0 Å². The van der Waals surface area contributed by atoms with E-state index in [1.165, 1.54) is 17.9 Å². The van der Waals surface area contributed by atoms with Crippen LogP contribution in [-0.2, 0) is 11.3 Å². The molecule has 1 heterocycles. The minimum atomic E-state index is -1.29. The van der Waals surface area contributed by atoms with Crippen molar-refractivity contribution >= 4 is 5.91 Å². The number of nitrogens with one attached hydrogen (secondary N) is 1. The fraction of sp³-hybridized carbons (Fsp3) is 0.308. The first-order chi connectivity index (χ1) is 9.92. The molecule has 1 aromatic carbocycles. The Balaban J connectivity index is 2.26. The van der Waals surface area contributed by atoms with Gasteiger partial charge in [0.25, 0.3) is 0 Å². The van der Waals surface area contributed by atoms with Crippen LogP contribution in [0.3, 0.4) is 0 Å². The van der Waals surface area contributed by atoms with Gasteiger partial charge in [-0.3, -0.25) is 9.48 Å². The van der Waals surface area contributed by atoms with Gasteiger partial charge >= 0.3 is 0 Å². The lowest BCUT2D eigenvalue weighted by atomic mass is 10.1. The lowest BCUT2D eigenvalue weighted by molar-refractivity contribution is -0.124. The number of aromatic nitrogens is 3. The smallest absolute Gasteiger partial charge is 0.224 e. The molecule has 112 valence electrons. The van der Waals surface area contributed by atoms with Crippen molar-refractivity contribution in [2.45, 2.75) is 13.5 Å². The van der Waals surface area contributed by atoms with E-state index in [0.29, 0.717) is 6.07 Å². The predicted molar refractivity (Wildman–Crippen MR) is 68.6 cm³/mol. The molecule has 1 N–H and O–H groups in total. The lowest BCUT2D eigenvalue weighted by Gasteiger charge is -2.08. The number of hydrogen-bond donors (Lipinski definition) is 1. The van der Waals surface area contributed by atoms with Gasteiger partial charge in [0.1, 0.15) is 11.5 Å². The summed E-state index contributed by atoms with van der Waals surface area (Å²) in [5.41, 5.74) is -0.318. The van der Waals surface area contributed by atoms with E-state index < -0.39 is 17.5 Å². The molecule has 2 rings (SSSR count). The Morgan fingerprint density at radius 3 is 2.76 bits per heavy atom. The van der Waals surface area contributed by atoms with E-state index in [-0.39, 0.29) is 29.6 Å². The zero-order valence-electron chi connectivity index (χ0n) is 11.4. The second kappa shape index (κ2) is 5.94. The van der Waals surface area contributed by atoms with Crippen molar-refractivity contribution in [2.24, 2.45) is 5.92 Å². The van der Waals surface area contributed by atoms with Gasteiger partial charge in [0.15, 0.2) is 11.6 Å². The molecule has 1 unspecified atom stereocenters. The third-order valence-electron chi connectivity index (χ3n) is 2.96. The molecule has 1 aromatic heterocycles. The van der Waals surface area contributed by atoms with Crippen LogP contribution < -0.4 is 5.32 Å². The average molecular weight is 298 g/mol. The summed E-state index contributed by atoms with van der Waals surface area (Å²) in [5.74, 6) is -3.95. The van der Waals surface area contributed by atoms with Crippen LogP contribution in [-0.4, -0.2) is 27.9 Å². The summed E-state index contributed by atoms with van der Waals surface area (Å²) in [6, 6.07) is 1.30. The maximum Gasteiger partial charge on any atom is 0.224 e. The molecular weight excluding hydrogens is 285 g/mol. The van der Waals surface area contributed by atoms with Gasteiger partial charge in [0.2, 0.25) is 5.91 Å². The maximum atomic E-state index is 13.6. The van der Waals surface area contributed by atoms with Gasteiger partial charge in [-0.1, -0.05) is 12.1 Å². The van der Waals surface area contributed by atoms with Gasteiger partial charge in [0, 0.05) is 18.7 Å². The molecule has 1 amide bonds. The zero-order valence-corrected chi connectivity index (χ0v) is 11.4. The highest BCUT2D eigenvalue weighted by Gasteiger charge is 2.17. The van der Waals surface area contributed by atoms with Gasteiger partial charge in [-0.2, -0.15) is 0 Å². The number of halogens is 3. The van der Waals surface area contributed by atoms with E-state index in [1.54, 1.807) is 6.92 Å². The molecule has 0 spiro atoms. The zero-order chi connectivity index (χ0) is 15.6. The SMILES string of the molecule is CNC(=O)C(C)Cn1cc(-c2cc(F)cc(F)c2F)nn1. The Morgan fingerprint density at radius 2 is 2.10 bits per heavy atom. The van der Waals surface area contributed by atoms with E-state index in [2.05, 4.69) is 15.6 Å². The number of carbonyl (C=O) groups excluding carboxylic acids is 1. The summed E-state index contributed by atoms with van der Waals surface area (Å²) in [6.07, 6.45) is 1.33. The first-order valence-corrected chi connectivity index (χ1v) is 6.19. The van der Waals surface area contributed by atoms with E-state index in [0.717, 1.165) is 6.07 Å².